The van der Waals surface area contributed by atoms with Crippen LogP contribution >= 0.6 is 11.3 Å². The van der Waals surface area contributed by atoms with Crippen LogP contribution in [-0.4, -0.2) is 18.0 Å². The van der Waals surface area contributed by atoms with Crippen LogP contribution in [0.15, 0.2) is 88.2 Å². The lowest BCUT2D eigenvalue weighted by atomic mass is 10.2. The van der Waals surface area contributed by atoms with Crippen molar-refractivity contribution in [3.05, 3.63) is 84.6 Å². The lowest BCUT2D eigenvalue weighted by molar-refractivity contribution is 0.591. The Kier molecular flexibility index (Phi) is 5.36. The van der Waals surface area contributed by atoms with E-state index in [2.05, 4.69) is 9.71 Å². The van der Waals surface area contributed by atoms with Gasteiger partial charge in [0.2, 0.25) is 0 Å². The molecule has 0 saturated carbocycles. The van der Waals surface area contributed by atoms with Crippen molar-refractivity contribution in [1.82, 2.24) is 4.98 Å². The van der Waals surface area contributed by atoms with Crippen LogP contribution in [-0.2, 0) is 27.0 Å². The van der Waals surface area contributed by atoms with E-state index in [1.165, 1.54) is 17.5 Å². The number of hydrogen-bond acceptors (Lipinski definition) is 5. The lowest BCUT2D eigenvalue weighted by Crippen LogP contribution is -2.16. The summed E-state index contributed by atoms with van der Waals surface area (Å²) in [4.78, 5) is 4.17. The maximum absolute atomic E-state index is 12.9. The molecule has 4 aromatic rings. The molecule has 0 spiro atoms. The van der Waals surface area contributed by atoms with E-state index in [4.69, 9.17) is 0 Å². The van der Waals surface area contributed by atoms with E-state index in [1.54, 1.807) is 18.2 Å². The molecule has 0 aliphatic heterocycles. The van der Waals surface area contributed by atoms with Crippen LogP contribution < -0.4 is 4.72 Å². The number of anilines is 1. The van der Waals surface area contributed by atoms with Crippen molar-refractivity contribution in [2.24, 2.45) is 0 Å². The molecule has 0 fully saturated rings. The summed E-state index contributed by atoms with van der Waals surface area (Å²) < 4.78 is 42.2. The van der Waals surface area contributed by atoms with E-state index in [0.717, 1.165) is 15.6 Å². The predicted octanol–water partition coefficient (Wildman–Crippen LogP) is 4.40. The molecule has 0 bridgehead atoms. The fraction of sp³-hybridized carbons (Fsp3) is 0.0500. The van der Waals surface area contributed by atoms with Gasteiger partial charge in [-0.05, 0) is 29.7 Å². The fourth-order valence-corrected chi connectivity index (χ4v) is 6.43. The summed E-state index contributed by atoms with van der Waals surface area (Å²) in [6, 6.07) is 21.7. The van der Waals surface area contributed by atoms with E-state index in [0.29, 0.717) is 0 Å². The molecule has 2 aromatic carbocycles. The highest BCUT2D eigenvalue weighted by Crippen LogP contribution is 2.31. The van der Waals surface area contributed by atoms with Gasteiger partial charge in [-0.25, -0.2) is 13.4 Å². The molecule has 0 aliphatic rings. The van der Waals surface area contributed by atoms with Gasteiger partial charge in [-0.3, -0.25) is 4.72 Å². The molecule has 1 N–H and O–H groups in total. The van der Waals surface area contributed by atoms with Crippen LogP contribution in [0.5, 0.6) is 0 Å². The second-order valence-corrected chi connectivity index (χ2v) is 10.4. The van der Waals surface area contributed by atoms with Gasteiger partial charge < -0.3 is 4.55 Å². The number of benzene rings is 2. The molecule has 2 heterocycles. The Morgan fingerprint density at radius 2 is 1.75 bits per heavy atom. The van der Waals surface area contributed by atoms with E-state index in [-0.39, 0.29) is 20.7 Å². The topological polar surface area (TPSA) is 82.1 Å². The minimum Gasteiger partial charge on any atom is -0.610 e. The summed E-state index contributed by atoms with van der Waals surface area (Å²) in [6.45, 7) is 0. The summed E-state index contributed by atoms with van der Waals surface area (Å²) in [5, 5.41) is 1.09. The number of rotatable bonds is 6. The lowest BCUT2D eigenvalue weighted by Gasteiger charge is -2.14. The minimum absolute atomic E-state index is 0.206. The summed E-state index contributed by atoms with van der Waals surface area (Å²) in [7, 11) is -3.81. The third kappa shape index (κ3) is 4.05. The zero-order valence-corrected chi connectivity index (χ0v) is 17.1. The van der Waals surface area contributed by atoms with Gasteiger partial charge >= 0.3 is 0 Å². The van der Waals surface area contributed by atoms with Crippen molar-refractivity contribution in [1.29, 1.82) is 0 Å². The first-order valence-electron chi connectivity index (χ1n) is 8.42. The first-order valence-corrected chi connectivity index (χ1v) is 12.0. The third-order valence-corrected chi connectivity index (χ3v) is 8.35. The number of pyridine rings is 1. The monoisotopic (exact) mass is 428 g/mol. The Labute approximate surface area is 170 Å². The van der Waals surface area contributed by atoms with Crippen LogP contribution in [0.4, 0.5) is 5.69 Å². The highest BCUT2D eigenvalue weighted by molar-refractivity contribution is 7.95. The number of fused-ring (bicyclic) bond motifs is 1. The van der Waals surface area contributed by atoms with Crippen LogP contribution in [0.2, 0.25) is 0 Å². The van der Waals surface area contributed by atoms with Crippen molar-refractivity contribution in [3.63, 3.8) is 0 Å². The number of aromatic nitrogens is 1. The van der Waals surface area contributed by atoms with Crippen molar-refractivity contribution in [2.45, 2.75) is 15.0 Å². The molecule has 28 heavy (non-hydrogen) atoms. The van der Waals surface area contributed by atoms with Crippen molar-refractivity contribution in [3.8, 4) is 0 Å². The van der Waals surface area contributed by atoms with E-state index in [9.17, 15) is 13.0 Å². The molecule has 5 nitrogen and oxygen atoms in total. The summed E-state index contributed by atoms with van der Waals surface area (Å²) in [6.07, 6.45) is 1.51. The average molecular weight is 429 g/mol. The van der Waals surface area contributed by atoms with Crippen LogP contribution in [0, 0.1) is 0 Å². The molecule has 1 unspecified atom stereocenters. The van der Waals surface area contributed by atoms with Gasteiger partial charge in [0.15, 0.2) is 0 Å². The van der Waals surface area contributed by atoms with E-state index >= 15 is 0 Å². The number of sulfonamides is 1. The molecule has 0 amide bonds. The molecule has 4 rings (SSSR count). The van der Waals surface area contributed by atoms with E-state index in [1.807, 2.05) is 54.6 Å². The highest BCUT2D eigenvalue weighted by Gasteiger charge is 2.24. The Bertz CT molecular complexity index is 1170. The largest absolute Gasteiger partial charge is 0.610 e. The molecule has 0 aliphatic carbocycles. The number of hydrogen-bond donors (Lipinski definition) is 1. The quantitative estimate of drug-likeness (QED) is 0.461. The number of thiophene rings is 1. The maximum Gasteiger partial charge on any atom is 0.271 e. The zero-order chi connectivity index (χ0) is 19.6. The van der Waals surface area contributed by atoms with Gasteiger partial charge in [0, 0.05) is 27.6 Å². The van der Waals surface area contributed by atoms with Gasteiger partial charge in [0.1, 0.15) is 15.6 Å². The van der Waals surface area contributed by atoms with Crippen molar-refractivity contribution < 1.29 is 13.0 Å². The molecule has 0 saturated heterocycles. The average Bonchev–Trinajstić information content (AvgIpc) is 3.14. The number of nitrogens with zero attached hydrogens (tertiary/aromatic N) is 1. The zero-order valence-electron chi connectivity index (χ0n) is 14.6. The van der Waals surface area contributed by atoms with Crippen molar-refractivity contribution in [2.75, 3.05) is 4.72 Å². The standard InChI is InChI=1S/C20H16N2O3S3/c23-27(14-15-7-2-1-3-8-15)20-17(10-6-12-21-20)22-28(24,25)19-13-16-9-4-5-11-18(16)26-19/h1-13,22H,14H2. The Hall–Kier alpha value is -2.39. The summed E-state index contributed by atoms with van der Waals surface area (Å²) >= 11 is -0.293. The molecular weight excluding hydrogens is 412 g/mol. The van der Waals surface area contributed by atoms with Gasteiger partial charge in [-0.2, -0.15) is 0 Å². The second-order valence-electron chi connectivity index (χ2n) is 6.04. The van der Waals surface area contributed by atoms with Crippen LogP contribution in [0.25, 0.3) is 10.1 Å². The normalized spacial score (nSPS) is 12.8. The molecule has 0 radical (unpaired) electrons. The molecule has 1 atom stereocenters. The maximum atomic E-state index is 12.9. The minimum atomic E-state index is -3.81. The molecule has 8 heteroatoms. The Morgan fingerprint density at radius 3 is 2.54 bits per heavy atom. The summed E-state index contributed by atoms with van der Waals surface area (Å²) in [5.74, 6) is 0.259. The van der Waals surface area contributed by atoms with Gasteiger partial charge in [-0.1, -0.05) is 48.5 Å². The van der Waals surface area contributed by atoms with Gasteiger partial charge in [0.05, 0.1) is 0 Å². The Morgan fingerprint density at radius 1 is 1.00 bits per heavy atom. The smallest absolute Gasteiger partial charge is 0.271 e. The van der Waals surface area contributed by atoms with Gasteiger partial charge in [-0.15, -0.1) is 11.3 Å². The number of nitrogens with one attached hydrogen (secondary N) is 1. The van der Waals surface area contributed by atoms with Gasteiger partial charge in [0.25, 0.3) is 15.0 Å². The second kappa shape index (κ2) is 7.92. The van der Waals surface area contributed by atoms with Crippen LogP contribution in [0.1, 0.15) is 5.56 Å². The van der Waals surface area contributed by atoms with Crippen molar-refractivity contribution >= 4 is 48.3 Å². The SMILES string of the molecule is O=S(=O)(Nc1cccnc1[S+]([O-])Cc1ccccc1)c1cc2ccccc2s1. The predicted molar refractivity (Wildman–Crippen MR) is 113 cm³/mol. The highest BCUT2D eigenvalue weighted by atomic mass is 32.2. The van der Waals surface area contributed by atoms with E-state index < -0.39 is 21.2 Å². The third-order valence-electron chi connectivity index (χ3n) is 4.04. The molecule has 142 valence electrons. The first kappa shape index (κ1) is 18.9. The fourth-order valence-electron chi connectivity index (χ4n) is 2.73. The van der Waals surface area contributed by atoms with Crippen LogP contribution in [0.3, 0.4) is 0 Å². The summed E-state index contributed by atoms with van der Waals surface area (Å²) in [5.41, 5.74) is 1.12. The first-order chi connectivity index (χ1) is 13.5. The molecule has 2 aromatic heterocycles. The molecular formula is C20H16N2O3S3. The Balaban J connectivity index is 1.62.